The Labute approximate surface area is 147 Å². The van der Waals surface area contributed by atoms with Crippen molar-refractivity contribution in [1.82, 2.24) is 15.5 Å². The molecule has 0 aromatic carbocycles. The lowest BCUT2D eigenvalue weighted by atomic mass is 10.0. The quantitative estimate of drug-likeness (QED) is 0.290. The van der Waals surface area contributed by atoms with E-state index in [1.54, 1.807) is 14.2 Å². The molecule has 1 aliphatic rings. The number of hydrogen-bond donors (Lipinski definition) is 2. The molecule has 0 radical (unpaired) electrons. The van der Waals surface area contributed by atoms with E-state index in [2.05, 4.69) is 34.4 Å². The van der Waals surface area contributed by atoms with Crippen LogP contribution in [0.15, 0.2) is 4.99 Å². The highest BCUT2D eigenvalue weighted by Gasteiger charge is 2.15. The van der Waals surface area contributed by atoms with Crippen molar-refractivity contribution in [2.45, 2.75) is 39.2 Å². The van der Waals surface area contributed by atoms with Crippen LogP contribution in [-0.2, 0) is 4.74 Å². The van der Waals surface area contributed by atoms with Crippen molar-refractivity contribution >= 4 is 29.9 Å². The molecule has 1 fully saturated rings. The lowest BCUT2D eigenvalue weighted by Crippen LogP contribution is -2.44. The molecule has 1 rings (SSSR count). The summed E-state index contributed by atoms with van der Waals surface area (Å²) >= 11 is 0. The van der Waals surface area contributed by atoms with Gasteiger partial charge in [0.15, 0.2) is 5.96 Å². The summed E-state index contributed by atoms with van der Waals surface area (Å²) in [4.78, 5) is 6.81. The van der Waals surface area contributed by atoms with E-state index in [9.17, 15) is 0 Å². The molecule has 0 aromatic rings. The van der Waals surface area contributed by atoms with Crippen molar-refractivity contribution in [3.63, 3.8) is 0 Å². The van der Waals surface area contributed by atoms with Crippen LogP contribution in [0, 0.1) is 5.92 Å². The highest BCUT2D eigenvalue weighted by Crippen LogP contribution is 2.15. The predicted octanol–water partition coefficient (Wildman–Crippen LogP) is 1.93. The second-order valence-electron chi connectivity index (χ2n) is 5.90. The summed E-state index contributed by atoms with van der Waals surface area (Å²) in [5.41, 5.74) is 0. The normalized spacial score (nSPS) is 21.5. The maximum absolute atomic E-state index is 5.11. The monoisotopic (exact) mass is 412 g/mol. The average Bonchev–Trinajstić information content (AvgIpc) is 2.42. The highest BCUT2D eigenvalue weighted by atomic mass is 127. The summed E-state index contributed by atoms with van der Waals surface area (Å²) in [5, 5.41) is 6.68. The van der Waals surface area contributed by atoms with Crippen molar-refractivity contribution in [1.29, 1.82) is 0 Å². The van der Waals surface area contributed by atoms with Gasteiger partial charge in [0.05, 0.1) is 6.61 Å². The summed E-state index contributed by atoms with van der Waals surface area (Å²) in [6.07, 6.45) is 3.90. The summed E-state index contributed by atoms with van der Waals surface area (Å²) in [6, 6.07) is 0.272. The number of nitrogens with one attached hydrogen (secondary N) is 2. The molecule has 5 nitrogen and oxygen atoms in total. The fourth-order valence-electron chi connectivity index (χ4n) is 2.72. The van der Waals surface area contributed by atoms with E-state index in [4.69, 9.17) is 4.74 Å². The zero-order valence-corrected chi connectivity index (χ0v) is 16.4. The van der Waals surface area contributed by atoms with E-state index < -0.39 is 0 Å². The van der Waals surface area contributed by atoms with Crippen LogP contribution in [0.3, 0.4) is 0 Å². The number of piperidine rings is 1. The van der Waals surface area contributed by atoms with Gasteiger partial charge in [-0.1, -0.05) is 6.92 Å². The van der Waals surface area contributed by atoms with E-state index in [0.717, 1.165) is 24.8 Å². The first kappa shape index (κ1) is 20.9. The van der Waals surface area contributed by atoms with Crippen LogP contribution >= 0.6 is 24.0 Å². The minimum atomic E-state index is 0. The van der Waals surface area contributed by atoms with Crippen LogP contribution in [0.2, 0.25) is 0 Å². The topological polar surface area (TPSA) is 48.9 Å². The molecule has 0 bridgehead atoms. The summed E-state index contributed by atoms with van der Waals surface area (Å²) in [6.45, 7) is 9.80. The Kier molecular flexibility index (Phi) is 12.4. The molecule has 21 heavy (non-hydrogen) atoms. The minimum Gasteiger partial charge on any atom is -0.383 e. The molecule has 0 aliphatic carbocycles. The number of methoxy groups -OCH3 is 1. The average molecular weight is 412 g/mol. The molecule has 0 amide bonds. The largest absolute Gasteiger partial charge is 0.383 e. The summed E-state index contributed by atoms with van der Waals surface area (Å²) in [7, 11) is 3.52. The fraction of sp³-hybridized carbons (Fsp3) is 0.933. The molecule has 6 heteroatoms. The lowest BCUT2D eigenvalue weighted by molar-refractivity contribution is 0.178. The van der Waals surface area contributed by atoms with Gasteiger partial charge in [-0.3, -0.25) is 4.99 Å². The summed E-state index contributed by atoms with van der Waals surface area (Å²) in [5.74, 6) is 1.72. The van der Waals surface area contributed by atoms with Gasteiger partial charge < -0.3 is 20.3 Å². The van der Waals surface area contributed by atoms with Gasteiger partial charge in [0.25, 0.3) is 0 Å². The lowest BCUT2D eigenvalue weighted by Gasteiger charge is -2.30. The third-order valence-electron chi connectivity index (χ3n) is 3.71. The number of halogens is 1. The third-order valence-corrected chi connectivity index (χ3v) is 3.71. The van der Waals surface area contributed by atoms with Crippen LogP contribution < -0.4 is 10.6 Å². The first-order valence-electron chi connectivity index (χ1n) is 7.84. The molecule has 0 spiro atoms. The molecular weight excluding hydrogens is 379 g/mol. The molecule has 1 saturated heterocycles. The Hall–Kier alpha value is -0.0800. The van der Waals surface area contributed by atoms with E-state index in [0.29, 0.717) is 6.61 Å². The Balaban J connectivity index is 0.00000400. The molecule has 0 saturated carbocycles. The van der Waals surface area contributed by atoms with E-state index in [-0.39, 0.29) is 30.0 Å². The molecule has 1 aliphatic heterocycles. The molecule has 2 N–H and O–H groups in total. The van der Waals surface area contributed by atoms with Gasteiger partial charge in [-0.15, -0.1) is 24.0 Å². The van der Waals surface area contributed by atoms with Crippen LogP contribution in [0.4, 0.5) is 0 Å². The molecule has 2 unspecified atom stereocenters. The Morgan fingerprint density at radius 3 is 2.86 bits per heavy atom. The number of nitrogens with zero attached hydrogens (tertiary/aromatic N) is 2. The van der Waals surface area contributed by atoms with Gasteiger partial charge in [0.1, 0.15) is 0 Å². The number of rotatable bonds is 7. The Morgan fingerprint density at radius 2 is 2.24 bits per heavy atom. The highest BCUT2D eigenvalue weighted by molar-refractivity contribution is 14.0. The Bertz CT molecular complexity index is 289. The Morgan fingerprint density at radius 1 is 1.48 bits per heavy atom. The zero-order valence-electron chi connectivity index (χ0n) is 14.0. The van der Waals surface area contributed by atoms with Crippen molar-refractivity contribution in [2.75, 3.05) is 46.9 Å². The van der Waals surface area contributed by atoms with Gasteiger partial charge in [0, 0.05) is 33.3 Å². The van der Waals surface area contributed by atoms with Gasteiger partial charge in [-0.05, 0) is 45.2 Å². The van der Waals surface area contributed by atoms with E-state index >= 15 is 0 Å². The van der Waals surface area contributed by atoms with Gasteiger partial charge >= 0.3 is 0 Å². The molecular formula is C15H33IN4O. The standard InChI is InChI=1S/C15H32N4O.HI/c1-13-7-5-9-19(11-13)10-6-8-17-15(16-3)18-14(2)12-20-4;/h13-14H,5-12H2,1-4H3,(H2,16,17,18);1H. The van der Waals surface area contributed by atoms with Crippen LogP contribution in [-0.4, -0.2) is 63.8 Å². The molecule has 1 heterocycles. The van der Waals surface area contributed by atoms with Crippen LogP contribution in [0.5, 0.6) is 0 Å². The number of aliphatic imine (C=N–C) groups is 1. The minimum absolute atomic E-state index is 0. The smallest absolute Gasteiger partial charge is 0.191 e. The van der Waals surface area contributed by atoms with Crippen LogP contribution in [0.25, 0.3) is 0 Å². The fourth-order valence-corrected chi connectivity index (χ4v) is 2.72. The molecule has 2 atom stereocenters. The third kappa shape index (κ3) is 9.52. The zero-order chi connectivity index (χ0) is 14.8. The van der Waals surface area contributed by atoms with E-state index in [1.165, 1.54) is 32.5 Å². The van der Waals surface area contributed by atoms with Crippen molar-refractivity contribution in [3.05, 3.63) is 0 Å². The first-order chi connectivity index (χ1) is 9.65. The van der Waals surface area contributed by atoms with Crippen molar-refractivity contribution in [3.8, 4) is 0 Å². The van der Waals surface area contributed by atoms with Gasteiger partial charge in [-0.25, -0.2) is 0 Å². The van der Waals surface area contributed by atoms with Gasteiger partial charge in [-0.2, -0.15) is 0 Å². The second kappa shape index (κ2) is 12.5. The number of hydrogen-bond acceptors (Lipinski definition) is 3. The maximum Gasteiger partial charge on any atom is 0.191 e. The molecule has 126 valence electrons. The number of guanidine groups is 1. The number of likely N-dealkylation sites (tertiary alicyclic amines) is 1. The number of ether oxygens (including phenoxy) is 1. The molecule has 0 aromatic heterocycles. The van der Waals surface area contributed by atoms with Crippen molar-refractivity contribution in [2.24, 2.45) is 10.9 Å². The second-order valence-corrected chi connectivity index (χ2v) is 5.90. The summed E-state index contributed by atoms with van der Waals surface area (Å²) < 4.78 is 5.11. The maximum atomic E-state index is 5.11. The SMILES string of the molecule is CN=C(NCCCN1CCCC(C)C1)NC(C)COC.I. The van der Waals surface area contributed by atoms with Gasteiger partial charge in [0.2, 0.25) is 0 Å². The van der Waals surface area contributed by atoms with E-state index in [1.807, 2.05) is 0 Å². The first-order valence-corrected chi connectivity index (χ1v) is 7.84. The predicted molar refractivity (Wildman–Crippen MR) is 101 cm³/mol. The van der Waals surface area contributed by atoms with Crippen molar-refractivity contribution < 1.29 is 4.74 Å². The van der Waals surface area contributed by atoms with Crippen LogP contribution in [0.1, 0.15) is 33.1 Å².